The molecule has 4 rings (SSSR count). The number of halogens is 2. The second kappa shape index (κ2) is 7.42. The molecule has 3 heteroatoms. The highest BCUT2D eigenvalue weighted by Crippen LogP contribution is 2.35. The molecule has 0 bridgehead atoms. The van der Waals surface area contributed by atoms with Gasteiger partial charge in [0.05, 0.1) is 0 Å². The van der Waals surface area contributed by atoms with Crippen molar-refractivity contribution in [2.24, 2.45) is 0 Å². The third-order valence-corrected chi connectivity index (χ3v) is 4.40. The normalized spacial score (nSPS) is 10.6. The second-order valence-electron chi connectivity index (χ2n) is 6.20. The number of anilines is 3. The Kier molecular flexibility index (Phi) is 4.67. The molecule has 4 aromatic rings. The van der Waals surface area contributed by atoms with E-state index >= 15 is 0 Å². The summed E-state index contributed by atoms with van der Waals surface area (Å²) in [6, 6.07) is 30.8. The van der Waals surface area contributed by atoms with Crippen molar-refractivity contribution >= 4 is 17.1 Å². The number of benzene rings is 4. The predicted octanol–water partition coefficient (Wildman–Crippen LogP) is 7.10. The van der Waals surface area contributed by atoms with E-state index in [1.807, 2.05) is 47.4 Å². The molecule has 0 spiro atoms. The molecule has 0 heterocycles. The number of hydrogen-bond acceptors (Lipinski definition) is 1. The fourth-order valence-electron chi connectivity index (χ4n) is 3.06. The van der Waals surface area contributed by atoms with Gasteiger partial charge in [0.25, 0.3) is 0 Å². The SMILES string of the molecule is Fc1ccc(N(c2ccc(F)cc2)c2ccc(-c3ccccc3)cc2)cc1. The van der Waals surface area contributed by atoms with Gasteiger partial charge in [0.2, 0.25) is 0 Å². The van der Waals surface area contributed by atoms with Crippen LogP contribution in [0.15, 0.2) is 103 Å². The maximum absolute atomic E-state index is 13.4. The zero-order valence-corrected chi connectivity index (χ0v) is 14.5. The van der Waals surface area contributed by atoms with Gasteiger partial charge < -0.3 is 4.90 Å². The first-order valence-electron chi connectivity index (χ1n) is 8.67. The Labute approximate surface area is 157 Å². The van der Waals surface area contributed by atoms with E-state index in [1.165, 1.54) is 24.3 Å². The van der Waals surface area contributed by atoms with Gasteiger partial charge in [-0.05, 0) is 71.8 Å². The number of hydrogen-bond donors (Lipinski definition) is 0. The fourth-order valence-corrected chi connectivity index (χ4v) is 3.06. The molecular weight excluding hydrogens is 340 g/mol. The summed E-state index contributed by atoms with van der Waals surface area (Å²) in [6.45, 7) is 0. The monoisotopic (exact) mass is 357 g/mol. The molecule has 132 valence electrons. The van der Waals surface area contributed by atoms with E-state index < -0.39 is 0 Å². The Balaban J connectivity index is 1.76. The van der Waals surface area contributed by atoms with Crippen LogP contribution in [0.4, 0.5) is 25.8 Å². The number of rotatable bonds is 4. The third-order valence-electron chi connectivity index (χ3n) is 4.40. The third kappa shape index (κ3) is 3.72. The maximum Gasteiger partial charge on any atom is 0.123 e. The van der Waals surface area contributed by atoms with Crippen LogP contribution in [0, 0.1) is 11.6 Å². The van der Waals surface area contributed by atoms with E-state index in [0.717, 1.165) is 28.2 Å². The summed E-state index contributed by atoms with van der Waals surface area (Å²) in [7, 11) is 0. The van der Waals surface area contributed by atoms with Crippen LogP contribution in [0.2, 0.25) is 0 Å². The Morgan fingerprint density at radius 2 is 0.778 bits per heavy atom. The molecule has 0 aliphatic heterocycles. The molecular formula is C24H17F2N. The van der Waals surface area contributed by atoms with E-state index in [9.17, 15) is 8.78 Å². The molecule has 0 aromatic heterocycles. The highest BCUT2D eigenvalue weighted by Gasteiger charge is 2.13. The molecule has 4 aromatic carbocycles. The van der Waals surface area contributed by atoms with Gasteiger partial charge in [-0.15, -0.1) is 0 Å². The average Bonchev–Trinajstić information content (AvgIpc) is 2.72. The standard InChI is InChI=1S/C24H17F2N/c25-20-8-14-23(15-9-20)27(24-16-10-21(26)11-17-24)22-12-6-19(7-13-22)18-4-2-1-3-5-18/h1-17H. The average molecular weight is 357 g/mol. The van der Waals surface area contributed by atoms with Crippen molar-refractivity contribution < 1.29 is 8.78 Å². The van der Waals surface area contributed by atoms with Gasteiger partial charge >= 0.3 is 0 Å². The minimum atomic E-state index is -0.294. The lowest BCUT2D eigenvalue weighted by molar-refractivity contribution is 0.628. The van der Waals surface area contributed by atoms with Crippen LogP contribution in [-0.4, -0.2) is 0 Å². The topological polar surface area (TPSA) is 3.24 Å². The van der Waals surface area contributed by atoms with Gasteiger partial charge in [0.15, 0.2) is 0 Å². The molecule has 0 unspecified atom stereocenters. The summed E-state index contributed by atoms with van der Waals surface area (Å²) >= 11 is 0. The zero-order valence-electron chi connectivity index (χ0n) is 14.5. The van der Waals surface area contributed by atoms with Crippen LogP contribution < -0.4 is 4.90 Å². The van der Waals surface area contributed by atoms with Crippen molar-refractivity contribution in [2.45, 2.75) is 0 Å². The minimum absolute atomic E-state index is 0.294. The molecule has 0 aliphatic rings. The Hall–Kier alpha value is -3.46. The predicted molar refractivity (Wildman–Crippen MR) is 106 cm³/mol. The van der Waals surface area contributed by atoms with Gasteiger partial charge in [-0.1, -0.05) is 42.5 Å². The Morgan fingerprint density at radius 1 is 0.407 bits per heavy atom. The summed E-state index contributed by atoms with van der Waals surface area (Å²) in [6.07, 6.45) is 0. The first-order valence-corrected chi connectivity index (χ1v) is 8.67. The lowest BCUT2D eigenvalue weighted by Crippen LogP contribution is -2.09. The van der Waals surface area contributed by atoms with Crippen LogP contribution in [0.25, 0.3) is 11.1 Å². The van der Waals surface area contributed by atoms with Crippen molar-refractivity contribution in [1.29, 1.82) is 0 Å². The molecule has 0 aliphatic carbocycles. The minimum Gasteiger partial charge on any atom is -0.310 e. The zero-order chi connectivity index (χ0) is 18.6. The van der Waals surface area contributed by atoms with Crippen LogP contribution in [0.1, 0.15) is 0 Å². The van der Waals surface area contributed by atoms with Crippen LogP contribution in [-0.2, 0) is 0 Å². The fraction of sp³-hybridized carbons (Fsp3) is 0. The molecule has 0 N–H and O–H groups in total. The second-order valence-corrected chi connectivity index (χ2v) is 6.20. The molecule has 0 saturated carbocycles. The van der Waals surface area contributed by atoms with Crippen molar-refractivity contribution in [1.82, 2.24) is 0 Å². The quantitative estimate of drug-likeness (QED) is 0.376. The molecule has 0 fully saturated rings. The van der Waals surface area contributed by atoms with Crippen LogP contribution in [0.3, 0.4) is 0 Å². The maximum atomic E-state index is 13.4. The van der Waals surface area contributed by atoms with E-state index in [-0.39, 0.29) is 11.6 Å². The van der Waals surface area contributed by atoms with E-state index in [4.69, 9.17) is 0 Å². The van der Waals surface area contributed by atoms with Gasteiger partial charge in [0, 0.05) is 17.1 Å². The summed E-state index contributed by atoms with van der Waals surface area (Å²) in [5, 5.41) is 0. The summed E-state index contributed by atoms with van der Waals surface area (Å²) < 4.78 is 26.8. The van der Waals surface area contributed by atoms with E-state index in [1.54, 1.807) is 24.3 Å². The van der Waals surface area contributed by atoms with Crippen molar-refractivity contribution in [3.8, 4) is 11.1 Å². The lowest BCUT2D eigenvalue weighted by atomic mass is 10.0. The smallest absolute Gasteiger partial charge is 0.123 e. The molecule has 0 atom stereocenters. The summed E-state index contributed by atoms with van der Waals surface area (Å²) in [4.78, 5) is 1.97. The van der Waals surface area contributed by atoms with Gasteiger partial charge in [0.1, 0.15) is 11.6 Å². The Bertz CT molecular complexity index is 963. The van der Waals surface area contributed by atoms with E-state index in [2.05, 4.69) is 12.1 Å². The van der Waals surface area contributed by atoms with Gasteiger partial charge in [-0.2, -0.15) is 0 Å². The highest BCUT2D eigenvalue weighted by atomic mass is 19.1. The van der Waals surface area contributed by atoms with Gasteiger partial charge in [-0.25, -0.2) is 8.78 Å². The summed E-state index contributed by atoms with van der Waals surface area (Å²) in [5.74, 6) is -0.588. The first-order chi connectivity index (χ1) is 13.2. The highest BCUT2D eigenvalue weighted by molar-refractivity contribution is 5.78. The summed E-state index contributed by atoms with van der Waals surface area (Å²) in [5.41, 5.74) is 4.76. The largest absolute Gasteiger partial charge is 0.310 e. The van der Waals surface area contributed by atoms with Crippen molar-refractivity contribution in [3.05, 3.63) is 115 Å². The molecule has 1 nitrogen and oxygen atoms in total. The van der Waals surface area contributed by atoms with Crippen LogP contribution in [0.5, 0.6) is 0 Å². The molecule has 0 radical (unpaired) electrons. The first kappa shape index (κ1) is 17.0. The number of nitrogens with zero attached hydrogens (tertiary/aromatic N) is 1. The van der Waals surface area contributed by atoms with Crippen LogP contribution >= 0.6 is 0 Å². The van der Waals surface area contributed by atoms with Crippen molar-refractivity contribution in [3.63, 3.8) is 0 Å². The Morgan fingerprint density at radius 3 is 1.22 bits per heavy atom. The van der Waals surface area contributed by atoms with E-state index in [0.29, 0.717) is 0 Å². The van der Waals surface area contributed by atoms with Gasteiger partial charge in [-0.3, -0.25) is 0 Å². The molecule has 0 saturated heterocycles. The molecule has 0 amide bonds. The molecule has 27 heavy (non-hydrogen) atoms. The lowest BCUT2D eigenvalue weighted by Gasteiger charge is -2.25. The van der Waals surface area contributed by atoms with Crippen molar-refractivity contribution in [2.75, 3.05) is 4.90 Å².